The molecule has 1 aromatic carbocycles. The zero-order valence-corrected chi connectivity index (χ0v) is 11.8. The Bertz CT molecular complexity index is 299. The van der Waals surface area contributed by atoms with Crippen LogP contribution in [0.5, 0.6) is 0 Å². The lowest BCUT2D eigenvalue weighted by atomic mass is 9.99. The normalized spacial score (nSPS) is 16.2. The molecule has 1 N–H and O–H groups in total. The SMILES string of the molecule is Cl.c1ccc(CCCOCC2CCNCC2)cc1. The Kier molecular flexibility index (Phi) is 8.06. The molecular formula is C15H24ClNO. The van der Waals surface area contributed by atoms with Crippen molar-refractivity contribution in [2.24, 2.45) is 5.92 Å². The molecule has 1 heterocycles. The maximum absolute atomic E-state index is 5.77. The third kappa shape index (κ3) is 5.85. The summed E-state index contributed by atoms with van der Waals surface area (Å²) in [5, 5.41) is 3.38. The molecule has 0 spiro atoms. The minimum Gasteiger partial charge on any atom is -0.381 e. The quantitative estimate of drug-likeness (QED) is 0.802. The summed E-state index contributed by atoms with van der Waals surface area (Å²) in [5.41, 5.74) is 1.41. The number of benzene rings is 1. The monoisotopic (exact) mass is 269 g/mol. The van der Waals surface area contributed by atoms with E-state index in [1.165, 1.54) is 18.4 Å². The predicted octanol–water partition coefficient (Wildman–Crippen LogP) is 3.06. The van der Waals surface area contributed by atoms with Gasteiger partial charge in [-0.2, -0.15) is 0 Å². The van der Waals surface area contributed by atoms with Crippen molar-refractivity contribution < 1.29 is 4.74 Å². The average molecular weight is 270 g/mol. The van der Waals surface area contributed by atoms with Crippen molar-refractivity contribution in [2.45, 2.75) is 25.7 Å². The summed E-state index contributed by atoms with van der Waals surface area (Å²) >= 11 is 0. The Morgan fingerprint density at radius 3 is 2.56 bits per heavy atom. The molecule has 0 aliphatic carbocycles. The maximum atomic E-state index is 5.77. The van der Waals surface area contributed by atoms with Crippen molar-refractivity contribution in [3.8, 4) is 0 Å². The van der Waals surface area contributed by atoms with Crippen molar-refractivity contribution in [3.05, 3.63) is 35.9 Å². The number of nitrogens with one attached hydrogen (secondary N) is 1. The van der Waals surface area contributed by atoms with Gasteiger partial charge in [-0.1, -0.05) is 30.3 Å². The van der Waals surface area contributed by atoms with E-state index in [9.17, 15) is 0 Å². The van der Waals surface area contributed by atoms with Crippen LogP contribution in [0.2, 0.25) is 0 Å². The molecule has 0 saturated carbocycles. The molecule has 2 nitrogen and oxygen atoms in total. The second-order valence-electron chi connectivity index (χ2n) is 4.86. The van der Waals surface area contributed by atoms with Crippen LogP contribution in [0.1, 0.15) is 24.8 Å². The summed E-state index contributed by atoms with van der Waals surface area (Å²) in [7, 11) is 0. The van der Waals surface area contributed by atoms with Crippen LogP contribution in [0.3, 0.4) is 0 Å². The number of rotatable bonds is 6. The summed E-state index contributed by atoms with van der Waals surface area (Å²) in [6.45, 7) is 4.19. The summed E-state index contributed by atoms with van der Waals surface area (Å²) < 4.78 is 5.77. The highest BCUT2D eigenvalue weighted by Gasteiger charge is 2.12. The van der Waals surface area contributed by atoms with Gasteiger partial charge in [-0.3, -0.25) is 0 Å². The Morgan fingerprint density at radius 1 is 1.11 bits per heavy atom. The van der Waals surface area contributed by atoms with Crippen LogP contribution in [0.15, 0.2) is 30.3 Å². The predicted molar refractivity (Wildman–Crippen MR) is 78.4 cm³/mol. The highest BCUT2D eigenvalue weighted by Crippen LogP contribution is 2.12. The second kappa shape index (κ2) is 9.37. The van der Waals surface area contributed by atoms with E-state index in [1.54, 1.807) is 0 Å². The highest BCUT2D eigenvalue weighted by molar-refractivity contribution is 5.85. The molecule has 102 valence electrons. The van der Waals surface area contributed by atoms with E-state index in [0.717, 1.165) is 45.1 Å². The van der Waals surface area contributed by atoms with Crippen LogP contribution in [0.25, 0.3) is 0 Å². The molecule has 0 atom stereocenters. The van der Waals surface area contributed by atoms with Crippen molar-refractivity contribution >= 4 is 12.4 Å². The van der Waals surface area contributed by atoms with E-state index >= 15 is 0 Å². The first-order chi connectivity index (χ1) is 8.45. The fraction of sp³-hybridized carbons (Fsp3) is 0.600. The molecule has 0 unspecified atom stereocenters. The number of piperidine rings is 1. The standard InChI is InChI=1S/C15H23NO.ClH/c1-2-5-14(6-3-1)7-4-12-17-13-15-8-10-16-11-9-15;/h1-3,5-6,15-16H,4,7-13H2;1H. The van der Waals surface area contributed by atoms with Gasteiger partial charge in [-0.25, -0.2) is 0 Å². The zero-order valence-electron chi connectivity index (χ0n) is 10.9. The molecule has 1 aliphatic rings. The van der Waals surface area contributed by atoms with Crippen molar-refractivity contribution in [3.63, 3.8) is 0 Å². The Labute approximate surface area is 117 Å². The van der Waals surface area contributed by atoms with Gasteiger partial charge in [0, 0.05) is 13.2 Å². The van der Waals surface area contributed by atoms with Crippen LogP contribution in [0.4, 0.5) is 0 Å². The van der Waals surface area contributed by atoms with Crippen LogP contribution in [-0.2, 0) is 11.2 Å². The Hall–Kier alpha value is -0.570. The van der Waals surface area contributed by atoms with Gasteiger partial charge in [-0.15, -0.1) is 12.4 Å². The van der Waals surface area contributed by atoms with Crippen LogP contribution in [0, 0.1) is 5.92 Å². The van der Waals surface area contributed by atoms with E-state index in [2.05, 4.69) is 35.6 Å². The summed E-state index contributed by atoms with van der Waals surface area (Å²) in [5.74, 6) is 0.785. The number of aryl methyl sites for hydroxylation is 1. The fourth-order valence-electron chi connectivity index (χ4n) is 2.32. The molecule has 1 fully saturated rings. The second-order valence-corrected chi connectivity index (χ2v) is 4.86. The van der Waals surface area contributed by atoms with Crippen LogP contribution < -0.4 is 5.32 Å². The van der Waals surface area contributed by atoms with Gasteiger partial charge >= 0.3 is 0 Å². The Morgan fingerprint density at radius 2 is 1.83 bits per heavy atom. The molecule has 0 amide bonds. The summed E-state index contributed by atoms with van der Waals surface area (Å²) in [4.78, 5) is 0. The minimum absolute atomic E-state index is 0. The Balaban J connectivity index is 0.00000162. The lowest BCUT2D eigenvalue weighted by Crippen LogP contribution is -2.30. The van der Waals surface area contributed by atoms with E-state index in [-0.39, 0.29) is 12.4 Å². The first-order valence-corrected chi connectivity index (χ1v) is 6.77. The van der Waals surface area contributed by atoms with Gasteiger partial charge in [0.1, 0.15) is 0 Å². The lowest BCUT2D eigenvalue weighted by molar-refractivity contribution is 0.0863. The number of hydrogen-bond acceptors (Lipinski definition) is 2. The molecule has 1 aromatic rings. The topological polar surface area (TPSA) is 21.3 Å². The molecule has 1 aliphatic heterocycles. The van der Waals surface area contributed by atoms with Crippen LogP contribution in [-0.4, -0.2) is 26.3 Å². The van der Waals surface area contributed by atoms with E-state index < -0.39 is 0 Å². The van der Waals surface area contributed by atoms with E-state index in [4.69, 9.17) is 4.74 Å². The maximum Gasteiger partial charge on any atom is 0.0495 e. The highest BCUT2D eigenvalue weighted by atomic mass is 35.5. The van der Waals surface area contributed by atoms with Crippen molar-refractivity contribution in [1.82, 2.24) is 5.32 Å². The molecule has 2 rings (SSSR count). The third-order valence-electron chi connectivity index (χ3n) is 3.41. The first kappa shape index (κ1) is 15.5. The van der Waals surface area contributed by atoms with Gasteiger partial charge in [0.05, 0.1) is 0 Å². The lowest BCUT2D eigenvalue weighted by Gasteiger charge is -2.22. The van der Waals surface area contributed by atoms with E-state index in [0.29, 0.717) is 0 Å². The number of hydrogen-bond donors (Lipinski definition) is 1. The van der Waals surface area contributed by atoms with Crippen molar-refractivity contribution in [2.75, 3.05) is 26.3 Å². The molecule has 0 aromatic heterocycles. The van der Waals surface area contributed by atoms with Gasteiger partial charge in [0.15, 0.2) is 0 Å². The molecule has 18 heavy (non-hydrogen) atoms. The molecule has 0 radical (unpaired) electrons. The van der Waals surface area contributed by atoms with E-state index in [1.807, 2.05) is 0 Å². The molecule has 1 saturated heterocycles. The average Bonchev–Trinajstić information content (AvgIpc) is 2.41. The molecular weight excluding hydrogens is 246 g/mol. The summed E-state index contributed by atoms with van der Waals surface area (Å²) in [6.07, 6.45) is 4.82. The fourth-order valence-corrected chi connectivity index (χ4v) is 2.32. The summed E-state index contributed by atoms with van der Waals surface area (Å²) in [6, 6.07) is 10.6. The smallest absolute Gasteiger partial charge is 0.0495 e. The van der Waals surface area contributed by atoms with Crippen LogP contribution >= 0.6 is 12.4 Å². The van der Waals surface area contributed by atoms with Gasteiger partial charge in [0.2, 0.25) is 0 Å². The van der Waals surface area contributed by atoms with Gasteiger partial charge in [0.25, 0.3) is 0 Å². The van der Waals surface area contributed by atoms with Gasteiger partial charge < -0.3 is 10.1 Å². The molecule has 3 heteroatoms. The van der Waals surface area contributed by atoms with Crippen molar-refractivity contribution in [1.29, 1.82) is 0 Å². The number of halogens is 1. The largest absolute Gasteiger partial charge is 0.381 e. The third-order valence-corrected chi connectivity index (χ3v) is 3.41. The zero-order chi connectivity index (χ0) is 11.8. The minimum atomic E-state index is 0. The number of ether oxygens (including phenoxy) is 1. The molecule has 0 bridgehead atoms. The first-order valence-electron chi connectivity index (χ1n) is 6.77. The van der Waals surface area contributed by atoms with Gasteiger partial charge in [-0.05, 0) is 50.3 Å².